The largest absolute Gasteiger partial charge is 0.352 e. The zero-order chi connectivity index (χ0) is 19.9. The predicted molar refractivity (Wildman–Crippen MR) is 105 cm³/mol. The van der Waals surface area contributed by atoms with Crippen LogP contribution in [0.3, 0.4) is 0 Å². The van der Waals surface area contributed by atoms with Gasteiger partial charge in [-0.05, 0) is 81.0 Å². The third-order valence-electron chi connectivity index (χ3n) is 6.67. The molecule has 0 heterocycles. The summed E-state index contributed by atoms with van der Waals surface area (Å²) >= 11 is 0. The highest BCUT2D eigenvalue weighted by atomic mass is 32.2. The highest BCUT2D eigenvalue weighted by Gasteiger charge is 2.43. The van der Waals surface area contributed by atoms with Gasteiger partial charge in [-0.3, -0.25) is 4.79 Å². The van der Waals surface area contributed by atoms with Crippen LogP contribution in [0.5, 0.6) is 0 Å². The summed E-state index contributed by atoms with van der Waals surface area (Å²) in [6.45, 7) is 1.91. The van der Waals surface area contributed by atoms with E-state index < -0.39 is 10.0 Å². The average molecular weight is 402 g/mol. The fourth-order valence-corrected chi connectivity index (χ4v) is 6.71. The first-order valence-corrected chi connectivity index (χ1v) is 11.6. The molecule has 0 aliphatic heterocycles. The lowest BCUT2D eigenvalue weighted by molar-refractivity contribution is -0.122. The molecule has 1 N–H and O–H groups in total. The molecule has 150 valence electrons. The fraction of sp³-hybridized carbons (Fsp3) is 0.619. The molecule has 1 amide bonds. The second-order valence-corrected chi connectivity index (χ2v) is 10.5. The first-order valence-electron chi connectivity index (χ1n) is 10.2. The van der Waals surface area contributed by atoms with Crippen LogP contribution in [0.1, 0.15) is 51.0 Å². The van der Waals surface area contributed by atoms with E-state index in [1.807, 2.05) is 6.07 Å². The van der Waals surface area contributed by atoms with Crippen molar-refractivity contribution in [3.63, 3.8) is 0 Å². The summed E-state index contributed by atoms with van der Waals surface area (Å²) in [5.41, 5.74) is 0.411. The van der Waals surface area contributed by atoms with Gasteiger partial charge in [-0.15, -0.1) is 0 Å². The molecule has 4 rings (SSSR count). The van der Waals surface area contributed by atoms with Crippen molar-refractivity contribution in [1.82, 2.24) is 9.62 Å². The van der Waals surface area contributed by atoms with Crippen molar-refractivity contribution < 1.29 is 13.2 Å². The first-order chi connectivity index (χ1) is 13.4. The highest BCUT2D eigenvalue weighted by molar-refractivity contribution is 7.89. The number of carbonyl (C=O) groups excluding carboxylic acids is 1. The minimum absolute atomic E-state index is 0.0847. The van der Waals surface area contributed by atoms with Crippen molar-refractivity contribution >= 4 is 15.9 Å². The second-order valence-electron chi connectivity index (χ2n) is 8.61. The lowest BCUT2D eigenvalue weighted by Gasteiger charge is -2.29. The number of hydrogen-bond donors (Lipinski definition) is 1. The lowest BCUT2D eigenvalue weighted by atomic mass is 9.84. The Morgan fingerprint density at radius 1 is 1.21 bits per heavy atom. The molecular formula is C21H27N3O3S. The van der Waals surface area contributed by atoms with Crippen LogP contribution >= 0.6 is 0 Å². The van der Waals surface area contributed by atoms with E-state index in [4.69, 9.17) is 5.26 Å². The molecule has 6 nitrogen and oxygen atoms in total. The molecule has 1 aromatic carbocycles. The molecule has 3 fully saturated rings. The van der Waals surface area contributed by atoms with Crippen LogP contribution in [-0.4, -0.2) is 37.3 Å². The molecule has 2 bridgehead atoms. The Morgan fingerprint density at radius 2 is 1.93 bits per heavy atom. The van der Waals surface area contributed by atoms with Gasteiger partial charge >= 0.3 is 0 Å². The van der Waals surface area contributed by atoms with Gasteiger partial charge in [-0.25, -0.2) is 8.42 Å². The molecule has 0 spiro atoms. The molecule has 4 atom stereocenters. The van der Waals surface area contributed by atoms with Crippen LogP contribution < -0.4 is 5.32 Å². The SMILES string of the molecule is C[C@@H](NC(=O)CN(C1CC1)S(=O)(=O)c1ccc(C#N)cc1)[C@H]1C[C@@H]2CC[C@@H]1C2. The molecule has 3 aliphatic rings. The van der Waals surface area contributed by atoms with Gasteiger partial charge in [0.25, 0.3) is 0 Å². The van der Waals surface area contributed by atoms with E-state index in [1.165, 1.54) is 54.3 Å². The van der Waals surface area contributed by atoms with Crippen molar-refractivity contribution in [1.29, 1.82) is 5.26 Å². The first kappa shape index (κ1) is 19.4. The fourth-order valence-electron chi connectivity index (χ4n) is 5.06. The van der Waals surface area contributed by atoms with Gasteiger partial charge in [0.2, 0.25) is 15.9 Å². The maximum atomic E-state index is 13.1. The standard InChI is InChI=1S/C21H27N3O3S/c1-14(20-11-16-2-5-17(20)10-16)23-21(25)13-24(18-6-7-18)28(26,27)19-8-3-15(12-22)4-9-19/h3-4,8-9,14,16-18,20H,2,5-7,10-11,13H2,1H3,(H,23,25)/t14-,16-,17-,20-/m1/s1. The Balaban J connectivity index is 1.43. The van der Waals surface area contributed by atoms with Crippen LogP contribution in [0.15, 0.2) is 29.2 Å². The number of benzene rings is 1. The Hall–Kier alpha value is -1.91. The van der Waals surface area contributed by atoms with Crippen molar-refractivity contribution in [3.05, 3.63) is 29.8 Å². The van der Waals surface area contributed by atoms with E-state index in [0.29, 0.717) is 17.4 Å². The maximum Gasteiger partial charge on any atom is 0.243 e. The smallest absolute Gasteiger partial charge is 0.243 e. The minimum Gasteiger partial charge on any atom is -0.352 e. The van der Waals surface area contributed by atoms with Crippen molar-refractivity contribution in [2.75, 3.05) is 6.54 Å². The number of nitriles is 1. The summed E-state index contributed by atoms with van der Waals surface area (Å²) in [4.78, 5) is 12.8. The molecule has 3 aliphatic carbocycles. The third-order valence-corrected chi connectivity index (χ3v) is 8.58. The minimum atomic E-state index is -3.76. The molecule has 7 heteroatoms. The predicted octanol–water partition coefficient (Wildman–Crippen LogP) is 2.65. The van der Waals surface area contributed by atoms with E-state index in [0.717, 1.165) is 18.8 Å². The number of rotatable bonds is 7. The Bertz CT molecular complexity index is 886. The molecule has 0 radical (unpaired) electrons. The Labute approximate surface area is 167 Å². The summed E-state index contributed by atoms with van der Waals surface area (Å²) in [6.07, 6.45) is 6.61. The topological polar surface area (TPSA) is 90.3 Å². The quantitative estimate of drug-likeness (QED) is 0.760. The zero-order valence-corrected chi connectivity index (χ0v) is 17.0. The summed E-state index contributed by atoms with van der Waals surface area (Å²) in [7, 11) is -3.76. The molecular weight excluding hydrogens is 374 g/mol. The molecule has 0 aromatic heterocycles. The zero-order valence-electron chi connectivity index (χ0n) is 16.2. The van der Waals surface area contributed by atoms with Crippen LogP contribution in [0, 0.1) is 29.1 Å². The van der Waals surface area contributed by atoms with Gasteiger partial charge in [0.05, 0.1) is 23.1 Å². The third kappa shape index (κ3) is 3.81. The van der Waals surface area contributed by atoms with Gasteiger partial charge in [0.15, 0.2) is 0 Å². The van der Waals surface area contributed by atoms with Crippen molar-refractivity contribution in [3.8, 4) is 6.07 Å². The molecule has 0 unspecified atom stereocenters. The van der Waals surface area contributed by atoms with Gasteiger partial charge in [-0.2, -0.15) is 9.57 Å². The number of nitrogens with zero attached hydrogens (tertiary/aromatic N) is 2. The molecule has 0 saturated heterocycles. The van der Waals surface area contributed by atoms with Crippen LogP contribution in [0.25, 0.3) is 0 Å². The highest BCUT2D eigenvalue weighted by Crippen LogP contribution is 2.49. The summed E-state index contributed by atoms with van der Waals surface area (Å²) in [5, 5.41) is 12.0. The van der Waals surface area contributed by atoms with E-state index >= 15 is 0 Å². The van der Waals surface area contributed by atoms with Crippen molar-refractivity contribution in [2.45, 2.75) is 62.4 Å². The van der Waals surface area contributed by atoms with Crippen LogP contribution in [0.4, 0.5) is 0 Å². The van der Waals surface area contributed by atoms with Gasteiger partial charge in [0.1, 0.15) is 0 Å². The van der Waals surface area contributed by atoms with Crippen LogP contribution in [-0.2, 0) is 14.8 Å². The second kappa shape index (κ2) is 7.49. The van der Waals surface area contributed by atoms with E-state index in [2.05, 4.69) is 12.2 Å². The molecule has 3 saturated carbocycles. The molecule has 28 heavy (non-hydrogen) atoms. The summed E-state index contributed by atoms with van der Waals surface area (Å²) in [6, 6.07) is 7.84. The number of amides is 1. The van der Waals surface area contributed by atoms with E-state index in [9.17, 15) is 13.2 Å². The average Bonchev–Trinajstić information content (AvgIpc) is 3.29. The van der Waals surface area contributed by atoms with E-state index in [1.54, 1.807) is 0 Å². The summed E-state index contributed by atoms with van der Waals surface area (Å²) < 4.78 is 27.4. The van der Waals surface area contributed by atoms with Crippen LogP contribution in [0.2, 0.25) is 0 Å². The lowest BCUT2D eigenvalue weighted by Crippen LogP contribution is -2.47. The van der Waals surface area contributed by atoms with Gasteiger partial charge < -0.3 is 5.32 Å². The number of sulfonamides is 1. The number of hydrogen-bond acceptors (Lipinski definition) is 4. The number of fused-ring (bicyclic) bond motifs is 2. The number of carbonyl (C=O) groups is 1. The Morgan fingerprint density at radius 3 is 2.46 bits per heavy atom. The maximum absolute atomic E-state index is 13.1. The number of nitrogens with one attached hydrogen (secondary N) is 1. The van der Waals surface area contributed by atoms with E-state index in [-0.39, 0.29) is 29.4 Å². The normalized spacial score (nSPS) is 27.5. The van der Waals surface area contributed by atoms with Gasteiger partial charge in [0, 0.05) is 12.1 Å². The van der Waals surface area contributed by atoms with Crippen molar-refractivity contribution in [2.24, 2.45) is 17.8 Å². The molecule has 1 aromatic rings. The monoisotopic (exact) mass is 401 g/mol. The Kier molecular flexibility index (Phi) is 5.19. The van der Waals surface area contributed by atoms with Gasteiger partial charge in [-0.1, -0.05) is 6.42 Å². The summed E-state index contributed by atoms with van der Waals surface area (Å²) in [5.74, 6) is 1.82.